The molecule has 170 valence electrons. The van der Waals surface area contributed by atoms with Crippen molar-refractivity contribution in [1.82, 2.24) is 0 Å². The minimum absolute atomic E-state index is 0.289. The predicted octanol–water partition coefficient (Wildman–Crippen LogP) is 1.34. The van der Waals surface area contributed by atoms with Crippen LogP contribution in [0.2, 0.25) is 0 Å². The molecule has 0 saturated carbocycles. The monoisotopic (exact) mass is 438 g/mol. The number of Topliss-reactive ketones (excluding diaryl/α,β-unsaturated/α-hetero) is 1. The number of aliphatic hydroxyl groups is 3. The highest BCUT2D eigenvalue weighted by atomic mass is 16.6. The molecular formula is C21H26O10. The van der Waals surface area contributed by atoms with Crippen molar-refractivity contribution in [1.29, 1.82) is 0 Å². The molecule has 0 aromatic heterocycles. The number of hydrogen-bond acceptors (Lipinski definition) is 10. The third-order valence-electron chi connectivity index (χ3n) is 5.21. The maximum Gasteiger partial charge on any atom is 0.377 e. The van der Waals surface area contributed by atoms with Gasteiger partial charge in [0.1, 0.15) is 12.7 Å². The molecule has 10 heteroatoms. The van der Waals surface area contributed by atoms with E-state index in [0.717, 1.165) is 5.57 Å². The molecule has 10 nitrogen and oxygen atoms in total. The Bertz CT molecular complexity index is 863. The lowest BCUT2D eigenvalue weighted by Crippen LogP contribution is -2.39. The number of allylic oxidation sites excluding steroid dienone is 2. The normalized spacial score (nSPS) is 24.0. The number of ether oxygens (including phenoxy) is 3. The maximum absolute atomic E-state index is 12.5. The first-order valence-electron chi connectivity index (χ1n) is 9.63. The van der Waals surface area contributed by atoms with Crippen molar-refractivity contribution in [3.05, 3.63) is 35.3 Å². The van der Waals surface area contributed by atoms with Crippen LogP contribution in [0.3, 0.4) is 0 Å². The second-order valence-corrected chi connectivity index (χ2v) is 7.98. The molecule has 1 aliphatic heterocycles. The summed E-state index contributed by atoms with van der Waals surface area (Å²) < 4.78 is 14.6. The summed E-state index contributed by atoms with van der Waals surface area (Å²) in [4.78, 5) is 47.5. The number of esters is 3. The molecule has 3 N–H and O–H groups in total. The largest absolute Gasteiger partial charge is 0.505 e. The molecule has 2 rings (SSSR count). The molecule has 0 amide bonds. The predicted molar refractivity (Wildman–Crippen MR) is 105 cm³/mol. The van der Waals surface area contributed by atoms with Crippen LogP contribution in [0, 0.1) is 5.41 Å². The van der Waals surface area contributed by atoms with Crippen LogP contribution in [0.15, 0.2) is 35.3 Å². The molecule has 1 heterocycles. The average molecular weight is 438 g/mol. The molecule has 31 heavy (non-hydrogen) atoms. The van der Waals surface area contributed by atoms with Gasteiger partial charge in [0.25, 0.3) is 0 Å². The minimum atomic E-state index is -1.61. The summed E-state index contributed by atoms with van der Waals surface area (Å²) in [5.41, 5.74) is 0.875. The summed E-state index contributed by atoms with van der Waals surface area (Å²) in [6.07, 6.45) is -2.93. The second-order valence-electron chi connectivity index (χ2n) is 7.98. The summed E-state index contributed by atoms with van der Waals surface area (Å²) in [7, 11) is 0. The van der Waals surface area contributed by atoms with Gasteiger partial charge in [0.15, 0.2) is 23.8 Å². The molecule has 0 aromatic rings. The van der Waals surface area contributed by atoms with E-state index in [2.05, 4.69) is 11.3 Å². The van der Waals surface area contributed by atoms with Gasteiger partial charge in [-0.2, -0.15) is 0 Å². The van der Waals surface area contributed by atoms with Gasteiger partial charge in [-0.25, -0.2) is 4.79 Å². The Hall–Kier alpha value is -3.14. The Labute approximate surface area is 178 Å². The first-order valence-corrected chi connectivity index (χ1v) is 9.63. The Morgan fingerprint density at radius 1 is 1.26 bits per heavy atom. The van der Waals surface area contributed by atoms with Crippen LogP contribution in [0.4, 0.5) is 0 Å². The number of aliphatic hydroxyl groups excluding tert-OH is 3. The lowest BCUT2D eigenvalue weighted by Gasteiger charge is -2.36. The first kappa shape index (κ1) is 24.1. The van der Waals surface area contributed by atoms with E-state index in [-0.39, 0.29) is 25.0 Å². The molecule has 3 atom stereocenters. The van der Waals surface area contributed by atoms with Crippen LogP contribution in [0.1, 0.15) is 40.0 Å². The Morgan fingerprint density at radius 2 is 1.87 bits per heavy atom. The summed E-state index contributed by atoms with van der Waals surface area (Å²) >= 11 is 0. The van der Waals surface area contributed by atoms with Crippen LogP contribution in [0.25, 0.3) is 0 Å². The Morgan fingerprint density at radius 3 is 2.42 bits per heavy atom. The number of cyclic esters (lactones) is 1. The van der Waals surface area contributed by atoms with E-state index in [4.69, 9.17) is 9.47 Å². The second kappa shape index (κ2) is 9.34. The van der Waals surface area contributed by atoms with Crippen LogP contribution >= 0.6 is 0 Å². The standard InChI is InChI=1S/C21H26O10/c1-5-11-10(2)16(25)13(8-21(11,3)4)30-15(24)7-6-14(23)29-9-12(22)19-17(26)18(27)20(28)31-19/h5,12-13,19,22,26-27H,1,6-9H2,2-4H3/t12-,13?,19+/m0/s1. The SMILES string of the molecule is C=CC1=C(C)C(=O)C(OC(=O)CCC(=O)OC[C@H](O)[C@H]2OC(=O)C(O)=C2O)CC1(C)C. The topological polar surface area (TPSA) is 157 Å². The molecule has 1 unspecified atom stereocenters. The third-order valence-corrected chi connectivity index (χ3v) is 5.21. The summed E-state index contributed by atoms with van der Waals surface area (Å²) in [6, 6.07) is 0. The van der Waals surface area contributed by atoms with E-state index >= 15 is 0 Å². The molecule has 0 fully saturated rings. The zero-order chi connectivity index (χ0) is 23.5. The maximum atomic E-state index is 12.5. The number of carbonyl (C=O) groups is 4. The van der Waals surface area contributed by atoms with Crippen molar-refractivity contribution in [2.24, 2.45) is 5.41 Å². The molecule has 0 radical (unpaired) electrons. The van der Waals surface area contributed by atoms with Crippen LogP contribution in [-0.2, 0) is 33.4 Å². The third kappa shape index (κ3) is 5.32. The van der Waals surface area contributed by atoms with Crippen molar-refractivity contribution in [3.63, 3.8) is 0 Å². The zero-order valence-corrected chi connectivity index (χ0v) is 17.5. The first-order chi connectivity index (χ1) is 14.4. The van der Waals surface area contributed by atoms with Crippen LogP contribution in [-0.4, -0.2) is 63.9 Å². The quantitative estimate of drug-likeness (QED) is 0.373. The number of hydrogen-bond donors (Lipinski definition) is 3. The van der Waals surface area contributed by atoms with Gasteiger partial charge in [-0.15, -0.1) is 0 Å². The van der Waals surface area contributed by atoms with E-state index in [1.54, 1.807) is 13.0 Å². The fraction of sp³-hybridized carbons (Fsp3) is 0.524. The van der Waals surface area contributed by atoms with E-state index in [1.165, 1.54) is 0 Å². The van der Waals surface area contributed by atoms with Crippen molar-refractivity contribution in [2.75, 3.05) is 6.61 Å². The molecule has 0 spiro atoms. The van der Waals surface area contributed by atoms with Gasteiger partial charge in [-0.1, -0.05) is 26.5 Å². The van der Waals surface area contributed by atoms with E-state index in [0.29, 0.717) is 5.57 Å². The average Bonchev–Trinajstić information content (AvgIpc) is 2.95. The fourth-order valence-corrected chi connectivity index (χ4v) is 3.56. The molecule has 0 saturated heterocycles. The van der Waals surface area contributed by atoms with Crippen molar-refractivity contribution < 1.29 is 48.7 Å². The van der Waals surface area contributed by atoms with Gasteiger partial charge in [0, 0.05) is 6.42 Å². The highest BCUT2D eigenvalue weighted by Crippen LogP contribution is 2.40. The lowest BCUT2D eigenvalue weighted by atomic mass is 9.71. The summed E-state index contributed by atoms with van der Waals surface area (Å²) in [6.45, 7) is 8.56. The molecule has 0 bridgehead atoms. The number of rotatable bonds is 8. The fourth-order valence-electron chi connectivity index (χ4n) is 3.56. The van der Waals surface area contributed by atoms with Crippen molar-refractivity contribution >= 4 is 23.7 Å². The number of carbonyl (C=O) groups excluding carboxylic acids is 4. The smallest absolute Gasteiger partial charge is 0.377 e. The van der Waals surface area contributed by atoms with E-state index < -0.39 is 59.8 Å². The Balaban J connectivity index is 1.81. The van der Waals surface area contributed by atoms with Crippen molar-refractivity contribution in [3.8, 4) is 0 Å². The highest BCUT2D eigenvalue weighted by molar-refractivity contribution is 6.01. The minimum Gasteiger partial charge on any atom is -0.505 e. The summed E-state index contributed by atoms with van der Waals surface area (Å²) in [5, 5.41) is 28.5. The van der Waals surface area contributed by atoms with Crippen molar-refractivity contribution in [2.45, 2.75) is 58.3 Å². The van der Waals surface area contributed by atoms with Crippen LogP contribution < -0.4 is 0 Å². The number of ketones is 1. The zero-order valence-electron chi connectivity index (χ0n) is 17.5. The summed E-state index contributed by atoms with van der Waals surface area (Å²) in [5.74, 6) is -5.01. The highest BCUT2D eigenvalue weighted by Gasteiger charge is 2.41. The van der Waals surface area contributed by atoms with Gasteiger partial charge in [0.05, 0.1) is 12.8 Å². The van der Waals surface area contributed by atoms with Gasteiger partial charge in [-0.05, 0) is 23.5 Å². The van der Waals surface area contributed by atoms with Gasteiger partial charge in [0.2, 0.25) is 5.76 Å². The molecular weight excluding hydrogens is 412 g/mol. The molecule has 1 aliphatic carbocycles. The van der Waals surface area contributed by atoms with E-state index in [1.807, 2.05) is 13.8 Å². The van der Waals surface area contributed by atoms with Crippen LogP contribution in [0.5, 0.6) is 0 Å². The van der Waals surface area contributed by atoms with Gasteiger partial charge in [-0.3, -0.25) is 14.4 Å². The molecule has 2 aliphatic rings. The molecule has 0 aromatic carbocycles. The van der Waals surface area contributed by atoms with E-state index in [9.17, 15) is 34.5 Å². The van der Waals surface area contributed by atoms with Gasteiger partial charge < -0.3 is 29.5 Å². The lowest BCUT2D eigenvalue weighted by molar-refractivity contribution is -0.160. The van der Waals surface area contributed by atoms with Gasteiger partial charge >= 0.3 is 17.9 Å². The Kier molecular flexibility index (Phi) is 7.27.